The number of hydrogen-bond acceptors (Lipinski definition) is 5. The normalized spacial score (nSPS) is 12.3. The molecule has 0 aliphatic rings. The number of benzene rings is 1. The predicted octanol–water partition coefficient (Wildman–Crippen LogP) is 2.42. The standard InChI is InChI=1S/C14H13BrF3NO4/c1-2-7(6-20)19-4-3-10(21)23-14(22)8-5-9(16)11(15)13(18)12(8)17/h3-5,7,19-20H,2,6H2,1H3/t7-/m0/s1. The molecule has 1 rings (SSSR count). The van der Waals surface area contributed by atoms with Gasteiger partial charge in [0, 0.05) is 18.3 Å². The van der Waals surface area contributed by atoms with Crippen LogP contribution in [0.3, 0.4) is 0 Å². The van der Waals surface area contributed by atoms with Crippen molar-refractivity contribution in [2.45, 2.75) is 19.4 Å². The number of aliphatic hydroxyl groups is 1. The highest BCUT2D eigenvalue weighted by molar-refractivity contribution is 9.10. The van der Waals surface area contributed by atoms with Crippen molar-refractivity contribution in [3.63, 3.8) is 0 Å². The Labute approximate surface area is 138 Å². The maximum atomic E-state index is 13.6. The van der Waals surface area contributed by atoms with Crippen molar-refractivity contribution in [1.29, 1.82) is 0 Å². The van der Waals surface area contributed by atoms with E-state index in [1.54, 1.807) is 6.92 Å². The predicted molar refractivity (Wildman–Crippen MR) is 77.9 cm³/mol. The van der Waals surface area contributed by atoms with Crippen molar-refractivity contribution in [1.82, 2.24) is 5.32 Å². The molecule has 1 aromatic rings. The zero-order valence-corrected chi connectivity index (χ0v) is 13.5. The summed E-state index contributed by atoms with van der Waals surface area (Å²) in [6.45, 7) is 1.63. The molecular formula is C14H13BrF3NO4. The number of rotatable bonds is 6. The monoisotopic (exact) mass is 395 g/mol. The van der Waals surface area contributed by atoms with Crippen LogP contribution in [0.15, 0.2) is 22.8 Å². The summed E-state index contributed by atoms with van der Waals surface area (Å²) >= 11 is 2.48. The van der Waals surface area contributed by atoms with Crippen LogP contribution in [0.2, 0.25) is 0 Å². The van der Waals surface area contributed by atoms with Gasteiger partial charge >= 0.3 is 11.9 Å². The quantitative estimate of drug-likeness (QED) is 0.254. The lowest BCUT2D eigenvalue weighted by Crippen LogP contribution is -2.27. The third-order valence-electron chi connectivity index (χ3n) is 2.78. The van der Waals surface area contributed by atoms with Gasteiger partial charge in [0.15, 0.2) is 11.6 Å². The number of aliphatic hydroxyl groups excluding tert-OH is 1. The number of nitrogens with one attached hydrogen (secondary N) is 1. The average Bonchev–Trinajstić information content (AvgIpc) is 2.52. The zero-order valence-electron chi connectivity index (χ0n) is 11.9. The molecule has 0 unspecified atom stereocenters. The Bertz CT molecular complexity index is 633. The molecule has 0 amide bonds. The molecule has 0 saturated carbocycles. The van der Waals surface area contributed by atoms with Gasteiger partial charge in [-0.2, -0.15) is 0 Å². The summed E-state index contributed by atoms with van der Waals surface area (Å²) in [6, 6.07) is 0.126. The molecule has 0 heterocycles. The molecule has 126 valence electrons. The molecule has 0 fully saturated rings. The van der Waals surface area contributed by atoms with Crippen molar-refractivity contribution >= 4 is 27.9 Å². The lowest BCUT2D eigenvalue weighted by atomic mass is 10.2. The molecule has 1 atom stereocenters. The summed E-state index contributed by atoms with van der Waals surface area (Å²) in [4.78, 5) is 23.0. The average molecular weight is 396 g/mol. The number of carbonyl (C=O) groups excluding carboxylic acids is 2. The number of halogens is 4. The Balaban J connectivity index is 2.77. The van der Waals surface area contributed by atoms with E-state index in [9.17, 15) is 22.8 Å². The third-order valence-corrected chi connectivity index (χ3v) is 3.51. The molecule has 0 aromatic heterocycles. The minimum absolute atomic E-state index is 0.169. The Morgan fingerprint density at radius 3 is 2.61 bits per heavy atom. The molecule has 1 aromatic carbocycles. The summed E-state index contributed by atoms with van der Waals surface area (Å²) in [5, 5.41) is 11.6. The highest BCUT2D eigenvalue weighted by Gasteiger charge is 2.23. The highest BCUT2D eigenvalue weighted by Crippen LogP contribution is 2.25. The van der Waals surface area contributed by atoms with E-state index in [1.165, 1.54) is 0 Å². The van der Waals surface area contributed by atoms with Crippen molar-refractivity contribution in [3.05, 3.63) is 45.8 Å². The molecule has 0 aliphatic carbocycles. The number of ether oxygens (including phenoxy) is 1. The largest absolute Gasteiger partial charge is 0.394 e. The lowest BCUT2D eigenvalue weighted by Gasteiger charge is -2.10. The minimum Gasteiger partial charge on any atom is -0.394 e. The number of hydrogen-bond donors (Lipinski definition) is 2. The fourth-order valence-corrected chi connectivity index (χ4v) is 1.74. The van der Waals surface area contributed by atoms with Crippen LogP contribution in [0.25, 0.3) is 0 Å². The van der Waals surface area contributed by atoms with Gasteiger partial charge in [0.2, 0.25) is 0 Å². The van der Waals surface area contributed by atoms with Gasteiger partial charge in [-0.15, -0.1) is 0 Å². The second-order valence-electron chi connectivity index (χ2n) is 4.34. The zero-order chi connectivity index (χ0) is 17.6. The summed E-state index contributed by atoms with van der Waals surface area (Å²) < 4.78 is 43.7. The van der Waals surface area contributed by atoms with Gasteiger partial charge in [0.25, 0.3) is 0 Å². The fourth-order valence-electron chi connectivity index (χ4n) is 1.45. The second-order valence-corrected chi connectivity index (χ2v) is 5.14. The maximum Gasteiger partial charge on any atom is 0.349 e. The maximum absolute atomic E-state index is 13.6. The van der Waals surface area contributed by atoms with Gasteiger partial charge in [0.1, 0.15) is 11.4 Å². The summed E-state index contributed by atoms with van der Waals surface area (Å²) in [6.07, 6.45) is 2.54. The van der Waals surface area contributed by atoms with Crippen LogP contribution < -0.4 is 5.32 Å². The van der Waals surface area contributed by atoms with Gasteiger partial charge in [-0.1, -0.05) is 6.92 Å². The Morgan fingerprint density at radius 2 is 2.04 bits per heavy atom. The van der Waals surface area contributed by atoms with E-state index in [1.807, 2.05) is 0 Å². The van der Waals surface area contributed by atoms with Crippen LogP contribution in [0, 0.1) is 17.5 Å². The molecule has 0 saturated heterocycles. The van der Waals surface area contributed by atoms with Crippen LogP contribution in [0.1, 0.15) is 23.7 Å². The van der Waals surface area contributed by atoms with Crippen LogP contribution in [0.4, 0.5) is 13.2 Å². The van der Waals surface area contributed by atoms with E-state index >= 15 is 0 Å². The van der Waals surface area contributed by atoms with Crippen LogP contribution in [-0.2, 0) is 9.53 Å². The first-order chi connectivity index (χ1) is 10.8. The van der Waals surface area contributed by atoms with Crippen LogP contribution in [0.5, 0.6) is 0 Å². The molecule has 2 N–H and O–H groups in total. The summed E-state index contributed by atoms with van der Waals surface area (Å²) in [5.41, 5.74) is -1.04. The van der Waals surface area contributed by atoms with Crippen molar-refractivity contribution < 1.29 is 32.6 Å². The topological polar surface area (TPSA) is 75.6 Å². The first kappa shape index (κ1) is 19.2. The Kier molecular flexibility index (Phi) is 7.24. The van der Waals surface area contributed by atoms with Crippen LogP contribution >= 0.6 is 15.9 Å². The van der Waals surface area contributed by atoms with Crippen molar-refractivity contribution in [2.24, 2.45) is 0 Å². The third kappa shape index (κ3) is 5.07. The van der Waals surface area contributed by atoms with E-state index in [0.717, 1.165) is 12.3 Å². The molecule has 0 aliphatic heterocycles. The van der Waals surface area contributed by atoms with Crippen molar-refractivity contribution in [3.8, 4) is 0 Å². The summed E-state index contributed by atoms with van der Waals surface area (Å²) in [5.74, 6) is -7.15. The molecule has 9 heteroatoms. The molecule has 0 bridgehead atoms. The number of carbonyl (C=O) groups is 2. The lowest BCUT2D eigenvalue weighted by molar-refractivity contribution is -0.132. The van der Waals surface area contributed by atoms with Crippen LogP contribution in [-0.4, -0.2) is 29.7 Å². The van der Waals surface area contributed by atoms with Gasteiger partial charge < -0.3 is 15.2 Å². The highest BCUT2D eigenvalue weighted by atomic mass is 79.9. The Morgan fingerprint density at radius 1 is 1.39 bits per heavy atom. The second kappa shape index (κ2) is 8.68. The Hall–Kier alpha value is -1.87. The molecule has 5 nitrogen and oxygen atoms in total. The van der Waals surface area contributed by atoms with E-state index < -0.39 is 39.4 Å². The van der Waals surface area contributed by atoms with E-state index in [4.69, 9.17) is 5.11 Å². The molecule has 0 radical (unpaired) electrons. The van der Waals surface area contributed by atoms with E-state index in [2.05, 4.69) is 26.0 Å². The van der Waals surface area contributed by atoms with Gasteiger partial charge in [-0.05, 0) is 28.4 Å². The van der Waals surface area contributed by atoms with Gasteiger partial charge in [-0.25, -0.2) is 22.8 Å². The molecular weight excluding hydrogens is 383 g/mol. The SMILES string of the molecule is CC[C@@H](CO)NC=CC(=O)OC(=O)c1cc(F)c(Br)c(F)c1F. The number of esters is 2. The summed E-state index contributed by atoms with van der Waals surface area (Å²) in [7, 11) is 0. The molecule has 23 heavy (non-hydrogen) atoms. The van der Waals surface area contributed by atoms with Gasteiger partial charge in [0.05, 0.1) is 11.1 Å². The van der Waals surface area contributed by atoms with Crippen molar-refractivity contribution in [2.75, 3.05) is 6.61 Å². The first-order valence-electron chi connectivity index (χ1n) is 6.44. The van der Waals surface area contributed by atoms with Gasteiger partial charge in [-0.3, -0.25) is 0 Å². The first-order valence-corrected chi connectivity index (χ1v) is 7.23. The minimum atomic E-state index is -1.63. The molecule has 0 spiro atoms. The van der Waals surface area contributed by atoms with E-state index in [-0.39, 0.29) is 12.6 Å². The fraction of sp³-hybridized carbons (Fsp3) is 0.286. The van der Waals surface area contributed by atoms with E-state index in [0.29, 0.717) is 12.5 Å². The smallest absolute Gasteiger partial charge is 0.349 e.